The van der Waals surface area contributed by atoms with Crippen molar-refractivity contribution in [2.45, 2.75) is 4.90 Å². The van der Waals surface area contributed by atoms with Crippen molar-refractivity contribution in [1.29, 1.82) is 0 Å². The zero-order valence-corrected chi connectivity index (χ0v) is 19.0. The largest absolute Gasteiger partial charge is 0.505 e. The monoisotopic (exact) mass is 495 g/mol. The molecule has 0 unspecified atom stereocenters. The van der Waals surface area contributed by atoms with Gasteiger partial charge in [0, 0.05) is 30.2 Å². The Morgan fingerprint density at radius 2 is 1.59 bits per heavy atom. The first kappa shape index (κ1) is 23.9. The van der Waals surface area contributed by atoms with Gasteiger partial charge in [0.2, 0.25) is 10.0 Å². The first-order chi connectivity index (χ1) is 15.3. The van der Waals surface area contributed by atoms with E-state index in [1.165, 1.54) is 34.6 Å². The second-order valence-electron chi connectivity index (χ2n) is 6.62. The lowest BCUT2D eigenvalue weighted by molar-refractivity contribution is 0.0694. The highest BCUT2D eigenvalue weighted by atomic mass is 35.5. The summed E-state index contributed by atoms with van der Waals surface area (Å²) in [4.78, 5) is 11.5. The molecule has 32 heavy (non-hydrogen) atoms. The molecule has 0 aromatic heterocycles. The number of hydrogen-bond donors (Lipinski definition) is 2. The zero-order valence-electron chi connectivity index (χ0n) is 16.6. The topological polar surface area (TPSA) is 120 Å². The Morgan fingerprint density at radius 1 is 0.969 bits per heavy atom. The summed E-state index contributed by atoms with van der Waals surface area (Å²) in [6.07, 6.45) is 0. The van der Waals surface area contributed by atoms with Crippen LogP contribution in [0.15, 0.2) is 69.7 Å². The Bertz CT molecular complexity index is 1260. The van der Waals surface area contributed by atoms with E-state index in [-0.39, 0.29) is 41.0 Å². The van der Waals surface area contributed by atoms with Crippen LogP contribution in [-0.4, -0.2) is 53.8 Å². The highest BCUT2D eigenvalue weighted by Crippen LogP contribution is 2.39. The van der Waals surface area contributed by atoms with E-state index in [2.05, 4.69) is 10.2 Å². The van der Waals surface area contributed by atoms with Gasteiger partial charge in [0.15, 0.2) is 5.75 Å². The lowest BCUT2D eigenvalue weighted by Crippen LogP contribution is -2.34. The van der Waals surface area contributed by atoms with Gasteiger partial charge in [-0.15, -0.1) is 28.3 Å². The molecule has 0 fully saturated rings. The van der Waals surface area contributed by atoms with Crippen LogP contribution in [0.25, 0.3) is 10.8 Å². The molecule has 11 heteroatoms. The standard InChI is InChI=1S/C21H19Cl2N3O5S/c22-9-11-26(12-10-23)32(30,31)16-7-5-15(6-8-16)24-25-19-17-4-2-1-3-14(17)13-18(20(19)27)21(28)29/h1-8,13,27H,9-12H2,(H,28,29). The number of carboxylic acids is 1. The molecule has 2 N–H and O–H groups in total. The number of benzene rings is 3. The molecule has 0 heterocycles. The predicted octanol–water partition coefficient (Wildman–Crippen LogP) is 5.13. The van der Waals surface area contributed by atoms with Gasteiger partial charge in [-0.25, -0.2) is 13.2 Å². The van der Waals surface area contributed by atoms with E-state index in [0.717, 1.165) is 0 Å². The van der Waals surface area contributed by atoms with Crippen LogP contribution in [0.1, 0.15) is 10.4 Å². The number of halogens is 2. The van der Waals surface area contributed by atoms with Gasteiger partial charge in [-0.2, -0.15) is 9.42 Å². The van der Waals surface area contributed by atoms with E-state index >= 15 is 0 Å². The third-order valence-electron chi connectivity index (χ3n) is 4.63. The maximum atomic E-state index is 12.8. The van der Waals surface area contributed by atoms with Crippen molar-refractivity contribution in [2.24, 2.45) is 10.2 Å². The summed E-state index contributed by atoms with van der Waals surface area (Å²) < 4.78 is 26.7. The minimum Gasteiger partial charge on any atom is -0.505 e. The normalized spacial score (nSPS) is 12.1. The Kier molecular flexibility index (Phi) is 7.68. The van der Waals surface area contributed by atoms with Crippen molar-refractivity contribution in [2.75, 3.05) is 24.8 Å². The van der Waals surface area contributed by atoms with Crippen LogP contribution < -0.4 is 0 Å². The SMILES string of the molecule is O=C(O)c1cc2ccccc2c(N=Nc2ccc(S(=O)(=O)N(CCCl)CCCl)cc2)c1O. The highest BCUT2D eigenvalue weighted by Gasteiger charge is 2.23. The molecule has 0 aliphatic heterocycles. The molecule has 8 nitrogen and oxygen atoms in total. The van der Waals surface area contributed by atoms with Crippen LogP contribution >= 0.6 is 23.2 Å². The number of nitrogens with zero attached hydrogens (tertiary/aromatic N) is 3. The molecule has 0 bridgehead atoms. The van der Waals surface area contributed by atoms with Gasteiger partial charge in [0.25, 0.3) is 0 Å². The van der Waals surface area contributed by atoms with Gasteiger partial charge in [0.05, 0.1) is 10.6 Å². The lowest BCUT2D eigenvalue weighted by atomic mass is 10.0. The molecule has 3 aromatic rings. The molecular weight excluding hydrogens is 477 g/mol. The van der Waals surface area contributed by atoms with Gasteiger partial charge in [-0.05, 0) is 35.7 Å². The van der Waals surface area contributed by atoms with E-state index in [1.54, 1.807) is 24.3 Å². The summed E-state index contributed by atoms with van der Waals surface area (Å²) in [6.45, 7) is 0.259. The molecule has 0 spiro atoms. The van der Waals surface area contributed by atoms with Crippen molar-refractivity contribution in [1.82, 2.24) is 4.31 Å². The van der Waals surface area contributed by atoms with Crippen LogP contribution in [0.3, 0.4) is 0 Å². The molecule has 0 atom stereocenters. The Morgan fingerprint density at radius 3 is 2.19 bits per heavy atom. The highest BCUT2D eigenvalue weighted by molar-refractivity contribution is 7.89. The van der Waals surface area contributed by atoms with Crippen LogP contribution in [0.2, 0.25) is 0 Å². The van der Waals surface area contributed by atoms with Gasteiger partial charge in [0.1, 0.15) is 11.3 Å². The maximum absolute atomic E-state index is 12.8. The summed E-state index contributed by atoms with van der Waals surface area (Å²) in [5, 5.41) is 29.0. The van der Waals surface area contributed by atoms with Gasteiger partial charge < -0.3 is 10.2 Å². The van der Waals surface area contributed by atoms with Gasteiger partial charge in [-0.3, -0.25) is 0 Å². The summed E-state index contributed by atoms with van der Waals surface area (Å²) in [6, 6.07) is 13.9. The average molecular weight is 496 g/mol. The third kappa shape index (κ3) is 5.02. The molecule has 0 amide bonds. The second-order valence-corrected chi connectivity index (χ2v) is 9.32. The summed E-state index contributed by atoms with van der Waals surface area (Å²) >= 11 is 11.4. The van der Waals surface area contributed by atoms with E-state index in [0.29, 0.717) is 16.5 Å². The molecule has 0 radical (unpaired) electrons. The first-order valence-corrected chi connectivity index (χ1v) is 11.9. The number of fused-ring (bicyclic) bond motifs is 1. The first-order valence-electron chi connectivity index (χ1n) is 9.41. The zero-order chi connectivity index (χ0) is 23.3. The quantitative estimate of drug-likeness (QED) is 0.315. The van der Waals surface area contributed by atoms with Crippen LogP contribution in [0.5, 0.6) is 5.75 Å². The Balaban J connectivity index is 1.96. The number of rotatable bonds is 9. The van der Waals surface area contributed by atoms with E-state index in [1.807, 2.05) is 0 Å². The number of sulfonamides is 1. The van der Waals surface area contributed by atoms with E-state index in [9.17, 15) is 23.4 Å². The van der Waals surface area contributed by atoms with Crippen molar-refractivity contribution in [3.8, 4) is 5.75 Å². The number of aromatic hydroxyl groups is 1. The third-order valence-corrected chi connectivity index (χ3v) is 6.88. The van der Waals surface area contributed by atoms with E-state index in [4.69, 9.17) is 23.2 Å². The number of hydrogen-bond acceptors (Lipinski definition) is 6. The van der Waals surface area contributed by atoms with Crippen LogP contribution in [0.4, 0.5) is 11.4 Å². The Hall–Kier alpha value is -2.72. The summed E-state index contributed by atoms with van der Waals surface area (Å²) in [5.41, 5.74) is 0.0276. The molecular formula is C21H19Cl2N3O5S. The van der Waals surface area contributed by atoms with Gasteiger partial charge in [-0.1, -0.05) is 24.3 Å². The fourth-order valence-corrected chi connectivity index (χ4v) is 5.11. The number of phenols is 1. The molecule has 0 aliphatic carbocycles. The number of aromatic carboxylic acids is 1. The Labute approximate surface area is 194 Å². The molecule has 0 aliphatic rings. The molecule has 0 saturated carbocycles. The second kappa shape index (κ2) is 10.3. The number of carboxylic acid groups (broad SMARTS) is 1. The average Bonchev–Trinajstić information content (AvgIpc) is 2.78. The number of alkyl halides is 2. The van der Waals surface area contributed by atoms with Crippen LogP contribution in [0, 0.1) is 0 Å². The molecule has 168 valence electrons. The fourth-order valence-electron chi connectivity index (χ4n) is 3.06. The number of azo groups is 1. The molecule has 3 aromatic carbocycles. The van der Waals surface area contributed by atoms with Crippen LogP contribution in [-0.2, 0) is 10.0 Å². The minimum atomic E-state index is -3.77. The predicted molar refractivity (Wildman–Crippen MR) is 123 cm³/mol. The smallest absolute Gasteiger partial charge is 0.339 e. The molecule has 3 rings (SSSR count). The van der Waals surface area contributed by atoms with Gasteiger partial charge >= 0.3 is 5.97 Å². The van der Waals surface area contributed by atoms with Crippen molar-refractivity contribution in [3.05, 3.63) is 60.2 Å². The molecule has 0 saturated heterocycles. The number of carbonyl (C=O) groups is 1. The summed E-state index contributed by atoms with van der Waals surface area (Å²) in [7, 11) is -3.77. The van der Waals surface area contributed by atoms with Crippen molar-refractivity contribution >= 4 is 61.3 Å². The fraction of sp³-hybridized carbons (Fsp3) is 0.190. The van der Waals surface area contributed by atoms with Crippen molar-refractivity contribution in [3.63, 3.8) is 0 Å². The summed E-state index contributed by atoms with van der Waals surface area (Å²) in [5.74, 6) is -1.53. The minimum absolute atomic E-state index is 0.00704. The maximum Gasteiger partial charge on any atom is 0.339 e. The van der Waals surface area contributed by atoms with Crippen molar-refractivity contribution < 1.29 is 23.4 Å². The van der Waals surface area contributed by atoms with E-state index < -0.39 is 21.7 Å². The lowest BCUT2D eigenvalue weighted by Gasteiger charge is -2.20.